The lowest BCUT2D eigenvalue weighted by atomic mass is 9.75. The maximum atomic E-state index is 12.6. The predicted molar refractivity (Wildman–Crippen MR) is 97.2 cm³/mol. The van der Waals surface area contributed by atoms with Crippen molar-refractivity contribution in [2.24, 2.45) is 5.41 Å². The normalized spacial score (nSPS) is 25.1. The quantitative estimate of drug-likeness (QED) is 0.533. The largest absolute Gasteiger partial charge is 0.508 e. The van der Waals surface area contributed by atoms with Crippen molar-refractivity contribution in [2.45, 2.75) is 45.4 Å². The molecule has 0 saturated carbocycles. The third-order valence-corrected chi connectivity index (χ3v) is 5.64. The van der Waals surface area contributed by atoms with E-state index in [-0.39, 0.29) is 24.4 Å². The molecule has 1 saturated heterocycles. The van der Waals surface area contributed by atoms with Crippen molar-refractivity contribution < 1.29 is 29.7 Å². The number of nitrogens with zero attached hydrogens (tertiary/aromatic N) is 1. The average Bonchev–Trinajstić information content (AvgIpc) is 2.78. The average molecular weight is 378 g/mol. The highest BCUT2D eigenvalue weighted by Crippen LogP contribution is 2.43. The molecule has 0 aliphatic carbocycles. The molecule has 8 heteroatoms. The van der Waals surface area contributed by atoms with Gasteiger partial charge in [0.25, 0.3) is 11.8 Å². The number of nitrogens with one attached hydrogen (secondary N) is 1. The number of hydrogen-bond acceptors (Lipinski definition) is 6. The van der Waals surface area contributed by atoms with Crippen LogP contribution in [0, 0.1) is 12.3 Å². The van der Waals surface area contributed by atoms with E-state index >= 15 is 0 Å². The van der Waals surface area contributed by atoms with E-state index < -0.39 is 35.0 Å². The number of aliphatic hydroxyl groups is 2. The second-order valence-corrected chi connectivity index (χ2v) is 7.72. The molecule has 0 aromatic heterocycles. The number of carbonyl (C=O) groups is 3. The SMILES string of the molecule is Cc1c(O)cccc1C(=O)NC[C@H](O)C(=O)N1C[C@@](C)(O)C(C)(C)[C@H]1C=O. The molecule has 1 heterocycles. The Bertz CT molecular complexity index is 759. The van der Waals surface area contributed by atoms with E-state index in [2.05, 4.69) is 5.32 Å². The Morgan fingerprint density at radius 1 is 1.37 bits per heavy atom. The number of phenols is 1. The van der Waals surface area contributed by atoms with Gasteiger partial charge in [-0.1, -0.05) is 19.9 Å². The Hall–Kier alpha value is -2.45. The van der Waals surface area contributed by atoms with Crippen LogP contribution < -0.4 is 5.32 Å². The van der Waals surface area contributed by atoms with Crippen LogP contribution in [0.5, 0.6) is 5.75 Å². The summed E-state index contributed by atoms with van der Waals surface area (Å²) in [6.45, 7) is 6.01. The molecular weight excluding hydrogens is 352 g/mol. The van der Waals surface area contributed by atoms with Gasteiger partial charge in [-0.2, -0.15) is 0 Å². The van der Waals surface area contributed by atoms with Gasteiger partial charge in [-0.15, -0.1) is 0 Å². The van der Waals surface area contributed by atoms with E-state index in [9.17, 15) is 29.7 Å². The molecule has 8 nitrogen and oxygen atoms in total. The molecule has 1 aromatic rings. The molecule has 0 unspecified atom stereocenters. The zero-order chi connectivity index (χ0) is 20.6. The number of benzene rings is 1. The van der Waals surface area contributed by atoms with Crippen LogP contribution in [0.4, 0.5) is 0 Å². The summed E-state index contributed by atoms with van der Waals surface area (Å²) < 4.78 is 0. The number of amides is 2. The summed E-state index contributed by atoms with van der Waals surface area (Å²) in [6, 6.07) is 3.59. The van der Waals surface area contributed by atoms with Crippen molar-refractivity contribution in [3.63, 3.8) is 0 Å². The summed E-state index contributed by atoms with van der Waals surface area (Å²) in [7, 11) is 0. The number of likely N-dealkylation sites (tertiary alicyclic amines) is 1. The number of aliphatic hydroxyl groups excluding tert-OH is 1. The highest BCUT2D eigenvalue weighted by molar-refractivity contribution is 5.96. The summed E-state index contributed by atoms with van der Waals surface area (Å²) in [5.41, 5.74) is -1.57. The lowest BCUT2D eigenvalue weighted by Gasteiger charge is -2.34. The molecule has 27 heavy (non-hydrogen) atoms. The number of aldehydes is 1. The Balaban J connectivity index is 2.07. The smallest absolute Gasteiger partial charge is 0.253 e. The third kappa shape index (κ3) is 3.68. The molecule has 0 bridgehead atoms. The fraction of sp³-hybridized carbons (Fsp3) is 0.526. The van der Waals surface area contributed by atoms with Crippen LogP contribution in [-0.2, 0) is 9.59 Å². The first-order valence-electron chi connectivity index (χ1n) is 8.67. The van der Waals surface area contributed by atoms with E-state index in [0.29, 0.717) is 11.8 Å². The van der Waals surface area contributed by atoms with Gasteiger partial charge < -0.3 is 30.3 Å². The Morgan fingerprint density at radius 2 is 2.00 bits per heavy atom. The van der Waals surface area contributed by atoms with Gasteiger partial charge in [0.05, 0.1) is 24.7 Å². The number of β-amino-alcohol motifs (C(OH)–C–C–N with tert-alkyl or cyclic N) is 1. The van der Waals surface area contributed by atoms with Crippen LogP contribution in [0.2, 0.25) is 0 Å². The van der Waals surface area contributed by atoms with Crippen molar-refractivity contribution in [3.8, 4) is 5.75 Å². The number of hydrogen-bond donors (Lipinski definition) is 4. The summed E-state index contributed by atoms with van der Waals surface area (Å²) in [6.07, 6.45) is -0.987. The van der Waals surface area contributed by atoms with Crippen molar-refractivity contribution in [1.82, 2.24) is 10.2 Å². The molecule has 2 rings (SSSR count). The van der Waals surface area contributed by atoms with E-state index in [4.69, 9.17) is 0 Å². The van der Waals surface area contributed by atoms with Crippen molar-refractivity contribution in [1.29, 1.82) is 0 Å². The zero-order valence-corrected chi connectivity index (χ0v) is 15.9. The van der Waals surface area contributed by atoms with Gasteiger partial charge in [-0.05, 0) is 26.0 Å². The minimum atomic E-state index is -1.57. The van der Waals surface area contributed by atoms with Gasteiger partial charge in [0.15, 0.2) is 0 Å². The zero-order valence-electron chi connectivity index (χ0n) is 15.9. The summed E-state index contributed by atoms with van der Waals surface area (Å²) >= 11 is 0. The van der Waals surface area contributed by atoms with E-state index in [1.165, 1.54) is 25.1 Å². The van der Waals surface area contributed by atoms with Crippen molar-refractivity contribution in [3.05, 3.63) is 29.3 Å². The van der Waals surface area contributed by atoms with Crippen LogP contribution in [0.1, 0.15) is 36.7 Å². The van der Waals surface area contributed by atoms with Gasteiger partial charge in [-0.25, -0.2) is 0 Å². The predicted octanol–water partition coefficient (Wildman–Crippen LogP) is -0.0218. The highest BCUT2D eigenvalue weighted by atomic mass is 16.3. The third-order valence-electron chi connectivity index (χ3n) is 5.64. The first-order valence-corrected chi connectivity index (χ1v) is 8.67. The monoisotopic (exact) mass is 378 g/mol. The lowest BCUT2D eigenvalue weighted by molar-refractivity contribution is -0.143. The minimum Gasteiger partial charge on any atom is -0.508 e. The molecule has 0 radical (unpaired) electrons. The topological polar surface area (TPSA) is 127 Å². The van der Waals surface area contributed by atoms with E-state index in [0.717, 1.165) is 4.90 Å². The Kier molecular flexibility index (Phi) is 5.63. The molecule has 1 aliphatic rings. The molecular formula is C19H26N2O6. The second kappa shape index (κ2) is 7.28. The molecule has 4 N–H and O–H groups in total. The van der Waals surface area contributed by atoms with Crippen LogP contribution in [0.25, 0.3) is 0 Å². The fourth-order valence-corrected chi connectivity index (χ4v) is 3.23. The van der Waals surface area contributed by atoms with Crippen LogP contribution in [0.15, 0.2) is 18.2 Å². The van der Waals surface area contributed by atoms with Crippen molar-refractivity contribution >= 4 is 18.1 Å². The molecule has 3 atom stereocenters. The summed E-state index contributed by atoms with van der Waals surface area (Å²) in [4.78, 5) is 37.4. The molecule has 1 aliphatic heterocycles. The van der Waals surface area contributed by atoms with E-state index in [1.54, 1.807) is 20.8 Å². The molecule has 1 fully saturated rings. The standard InChI is InChI=1S/C19H26N2O6/c1-11-12(6-5-7-13(11)23)16(25)20-8-14(24)17(26)21-10-19(4,27)18(2,3)15(21)9-22/h5-7,9,14-15,23-24,27H,8,10H2,1-4H3,(H,20,25)/t14-,15+,19+/m0/s1. The Labute approximate surface area is 157 Å². The molecule has 148 valence electrons. The number of carbonyl (C=O) groups excluding carboxylic acids is 3. The lowest BCUT2D eigenvalue weighted by Crippen LogP contribution is -2.49. The van der Waals surface area contributed by atoms with E-state index in [1.807, 2.05) is 0 Å². The Morgan fingerprint density at radius 3 is 2.59 bits per heavy atom. The molecule has 1 aromatic carbocycles. The second-order valence-electron chi connectivity index (χ2n) is 7.72. The highest BCUT2D eigenvalue weighted by Gasteiger charge is 2.56. The minimum absolute atomic E-state index is 0.0328. The number of rotatable bonds is 5. The van der Waals surface area contributed by atoms with Gasteiger partial charge in [-0.3, -0.25) is 9.59 Å². The van der Waals surface area contributed by atoms with Gasteiger partial charge >= 0.3 is 0 Å². The van der Waals surface area contributed by atoms with Crippen LogP contribution in [0.3, 0.4) is 0 Å². The van der Waals surface area contributed by atoms with Crippen molar-refractivity contribution in [2.75, 3.05) is 13.1 Å². The maximum Gasteiger partial charge on any atom is 0.253 e. The number of aromatic hydroxyl groups is 1. The summed E-state index contributed by atoms with van der Waals surface area (Å²) in [5, 5.41) is 32.8. The first-order chi connectivity index (χ1) is 12.4. The number of phenolic OH excluding ortho intramolecular Hbond substituents is 1. The summed E-state index contributed by atoms with van der Waals surface area (Å²) in [5.74, 6) is -1.32. The fourth-order valence-electron chi connectivity index (χ4n) is 3.23. The molecule has 2 amide bonds. The van der Waals surface area contributed by atoms with Gasteiger partial charge in [0.1, 0.15) is 18.1 Å². The van der Waals surface area contributed by atoms with Gasteiger partial charge in [0, 0.05) is 16.5 Å². The first kappa shape index (κ1) is 20.9. The van der Waals surface area contributed by atoms with Crippen LogP contribution >= 0.6 is 0 Å². The van der Waals surface area contributed by atoms with Gasteiger partial charge in [0.2, 0.25) is 0 Å². The molecule has 0 spiro atoms. The van der Waals surface area contributed by atoms with Crippen LogP contribution in [-0.4, -0.2) is 69.2 Å². The maximum absolute atomic E-state index is 12.6.